The van der Waals surface area contributed by atoms with Gasteiger partial charge in [0.2, 0.25) is 0 Å². The zero-order valence-corrected chi connectivity index (χ0v) is 17.8. The van der Waals surface area contributed by atoms with Crippen LogP contribution in [0.2, 0.25) is 0 Å². The topological polar surface area (TPSA) is 92.3 Å². The average Bonchev–Trinajstić information content (AvgIpc) is 2.74. The van der Waals surface area contributed by atoms with Gasteiger partial charge < -0.3 is 0 Å². The predicted octanol–water partition coefficient (Wildman–Crippen LogP) is 4.17. The summed E-state index contributed by atoms with van der Waals surface area (Å²) in [4.78, 5) is -0.0123. The molecule has 0 fully saturated rings. The third-order valence-electron chi connectivity index (χ3n) is 5.08. The van der Waals surface area contributed by atoms with Crippen molar-refractivity contribution in [2.75, 3.05) is 9.44 Å². The Morgan fingerprint density at radius 3 is 2.07 bits per heavy atom. The minimum absolute atomic E-state index is 0.00125. The number of fused-ring (bicyclic) bond motifs is 1. The summed E-state index contributed by atoms with van der Waals surface area (Å²) in [5.41, 5.74) is 2.61. The monoisotopic (exact) mass is 442 g/mol. The van der Waals surface area contributed by atoms with Crippen molar-refractivity contribution in [3.05, 3.63) is 83.9 Å². The van der Waals surface area contributed by atoms with E-state index in [0.717, 1.165) is 31.2 Å². The van der Waals surface area contributed by atoms with Gasteiger partial charge in [-0.2, -0.15) is 0 Å². The molecule has 3 aromatic carbocycles. The lowest BCUT2D eigenvalue weighted by molar-refractivity contribution is 0.600. The van der Waals surface area contributed by atoms with Crippen molar-refractivity contribution in [2.45, 2.75) is 35.5 Å². The molecule has 1 aliphatic carbocycles. The number of para-hydroxylation sites is 2. The van der Waals surface area contributed by atoms with Gasteiger partial charge >= 0.3 is 0 Å². The van der Waals surface area contributed by atoms with E-state index in [4.69, 9.17) is 0 Å². The van der Waals surface area contributed by atoms with E-state index in [1.54, 1.807) is 54.6 Å². The van der Waals surface area contributed by atoms with Gasteiger partial charge in [-0.15, -0.1) is 0 Å². The number of hydrogen-bond donors (Lipinski definition) is 2. The van der Waals surface area contributed by atoms with Gasteiger partial charge in [0.05, 0.1) is 10.6 Å². The SMILES string of the molecule is O=S(=O)(Nc1ccccc1S(=O)(=O)Nc1ccccc1)c1ccc2c(c1)CCCC2. The van der Waals surface area contributed by atoms with Crippen molar-refractivity contribution in [3.63, 3.8) is 0 Å². The van der Waals surface area contributed by atoms with Gasteiger partial charge in [0, 0.05) is 5.69 Å². The highest BCUT2D eigenvalue weighted by Crippen LogP contribution is 2.28. The Balaban J connectivity index is 1.66. The zero-order chi connectivity index (χ0) is 21.2. The summed E-state index contributed by atoms with van der Waals surface area (Å²) in [5.74, 6) is 0. The van der Waals surface area contributed by atoms with Crippen LogP contribution >= 0.6 is 0 Å². The van der Waals surface area contributed by atoms with Crippen LogP contribution in [0.3, 0.4) is 0 Å². The van der Waals surface area contributed by atoms with Crippen LogP contribution in [0.15, 0.2) is 82.6 Å². The number of anilines is 2. The molecule has 0 unspecified atom stereocenters. The first-order chi connectivity index (χ1) is 14.4. The maximum Gasteiger partial charge on any atom is 0.263 e. The molecule has 0 radical (unpaired) electrons. The second-order valence-electron chi connectivity index (χ2n) is 7.21. The van der Waals surface area contributed by atoms with E-state index < -0.39 is 20.0 Å². The highest BCUT2D eigenvalue weighted by Gasteiger charge is 2.23. The molecule has 0 amide bonds. The van der Waals surface area contributed by atoms with Crippen molar-refractivity contribution < 1.29 is 16.8 Å². The summed E-state index contributed by atoms with van der Waals surface area (Å²) in [5, 5.41) is 0. The average molecular weight is 443 g/mol. The third kappa shape index (κ3) is 4.34. The van der Waals surface area contributed by atoms with E-state index in [9.17, 15) is 16.8 Å². The Labute approximate surface area is 177 Å². The van der Waals surface area contributed by atoms with Crippen LogP contribution in [0.5, 0.6) is 0 Å². The van der Waals surface area contributed by atoms with Gasteiger partial charge in [0.25, 0.3) is 20.0 Å². The maximum absolute atomic E-state index is 13.0. The van der Waals surface area contributed by atoms with Crippen LogP contribution in [0.4, 0.5) is 11.4 Å². The van der Waals surface area contributed by atoms with E-state index >= 15 is 0 Å². The van der Waals surface area contributed by atoms with Crippen LogP contribution < -0.4 is 9.44 Å². The molecule has 0 saturated heterocycles. The molecular weight excluding hydrogens is 420 g/mol. The minimum atomic E-state index is -3.99. The fourth-order valence-corrected chi connectivity index (χ4v) is 6.00. The molecule has 0 aromatic heterocycles. The van der Waals surface area contributed by atoms with E-state index in [1.165, 1.54) is 17.7 Å². The molecule has 0 aliphatic heterocycles. The summed E-state index contributed by atoms with van der Waals surface area (Å²) in [6.45, 7) is 0. The lowest BCUT2D eigenvalue weighted by Gasteiger charge is -2.18. The molecule has 2 N–H and O–H groups in total. The highest BCUT2D eigenvalue weighted by atomic mass is 32.2. The first-order valence-corrected chi connectivity index (χ1v) is 12.6. The lowest BCUT2D eigenvalue weighted by atomic mass is 9.92. The first-order valence-electron chi connectivity index (χ1n) is 9.67. The fourth-order valence-electron chi connectivity index (χ4n) is 3.58. The molecule has 0 spiro atoms. The molecule has 0 bridgehead atoms. The zero-order valence-electron chi connectivity index (χ0n) is 16.2. The van der Waals surface area contributed by atoms with E-state index in [2.05, 4.69) is 9.44 Å². The van der Waals surface area contributed by atoms with Gasteiger partial charge in [-0.3, -0.25) is 9.44 Å². The summed E-state index contributed by atoms with van der Waals surface area (Å²) in [7, 11) is -7.93. The molecule has 156 valence electrons. The van der Waals surface area contributed by atoms with E-state index in [1.807, 2.05) is 6.07 Å². The molecule has 6 nitrogen and oxygen atoms in total. The molecule has 3 aromatic rings. The molecule has 8 heteroatoms. The van der Waals surface area contributed by atoms with Crippen LogP contribution in [-0.4, -0.2) is 16.8 Å². The largest absolute Gasteiger partial charge is 0.280 e. The first kappa shape index (κ1) is 20.4. The van der Waals surface area contributed by atoms with Crippen LogP contribution in [0.1, 0.15) is 24.0 Å². The van der Waals surface area contributed by atoms with Crippen molar-refractivity contribution in [1.82, 2.24) is 0 Å². The second-order valence-corrected chi connectivity index (χ2v) is 10.5. The van der Waals surface area contributed by atoms with Crippen molar-refractivity contribution in [2.24, 2.45) is 0 Å². The van der Waals surface area contributed by atoms with Gasteiger partial charge in [0.1, 0.15) is 4.90 Å². The summed E-state index contributed by atoms with van der Waals surface area (Å²) in [6.07, 6.45) is 3.95. The predicted molar refractivity (Wildman–Crippen MR) is 118 cm³/mol. The number of rotatable bonds is 6. The summed E-state index contributed by atoms with van der Waals surface area (Å²) < 4.78 is 56.7. The van der Waals surface area contributed by atoms with Crippen molar-refractivity contribution in [3.8, 4) is 0 Å². The summed E-state index contributed by atoms with van der Waals surface area (Å²) in [6, 6.07) is 19.5. The summed E-state index contributed by atoms with van der Waals surface area (Å²) >= 11 is 0. The Bertz CT molecular complexity index is 1270. The minimum Gasteiger partial charge on any atom is -0.280 e. The van der Waals surface area contributed by atoms with Crippen molar-refractivity contribution in [1.29, 1.82) is 0 Å². The fraction of sp³-hybridized carbons (Fsp3) is 0.182. The molecule has 0 atom stereocenters. The van der Waals surface area contributed by atoms with Crippen LogP contribution in [-0.2, 0) is 32.9 Å². The molecular formula is C22H22N2O4S2. The Hall–Kier alpha value is -2.84. The van der Waals surface area contributed by atoms with Crippen LogP contribution in [0, 0.1) is 0 Å². The standard InChI is InChI=1S/C22H22N2O4S2/c25-29(26,20-15-14-17-8-4-5-9-18(17)16-20)24-21-12-6-7-13-22(21)30(27,28)23-19-10-2-1-3-11-19/h1-3,6-7,10-16,23-24H,4-5,8-9H2. The Morgan fingerprint density at radius 1 is 0.633 bits per heavy atom. The quantitative estimate of drug-likeness (QED) is 0.599. The number of benzene rings is 3. The second kappa shape index (κ2) is 8.12. The van der Waals surface area contributed by atoms with Crippen molar-refractivity contribution >= 4 is 31.4 Å². The smallest absolute Gasteiger partial charge is 0.263 e. The molecule has 0 heterocycles. The maximum atomic E-state index is 13.0. The van der Waals surface area contributed by atoms with Gasteiger partial charge in [-0.25, -0.2) is 16.8 Å². The van der Waals surface area contributed by atoms with Gasteiger partial charge in [-0.05, 0) is 73.2 Å². The Morgan fingerprint density at radius 2 is 1.30 bits per heavy atom. The van der Waals surface area contributed by atoms with Crippen LogP contribution in [0.25, 0.3) is 0 Å². The number of sulfonamides is 2. The number of aryl methyl sites for hydroxylation is 2. The third-order valence-corrected chi connectivity index (χ3v) is 7.88. The Kier molecular flexibility index (Phi) is 5.53. The van der Waals surface area contributed by atoms with Gasteiger partial charge in [0.15, 0.2) is 0 Å². The van der Waals surface area contributed by atoms with Gasteiger partial charge in [-0.1, -0.05) is 36.4 Å². The molecule has 1 aliphatic rings. The lowest BCUT2D eigenvalue weighted by Crippen LogP contribution is -2.19. The van der Waals surface area contributed by atoms with E-state index in [-0.39, 0.29) is 15.5 Å². The molecule has 30 heavy (non-hydrogen) atoms. The number of nitrogens with one attached hydrogen (secondary N) is 2. The molecule has 4 rings (SSSR count). The normalized spacial score (nSPS) is 14.0. The van der Waals surface area contributed by atoms with E-state index in [0.29, 0.717) is 5.69 Å². The molecule has 0 saturated carbocycles. The highest BCUT2D eigenvalue weighted by molar-refractivity contribution is 7.94. The number of hydrogen-bond acceptors (Lipinski definition) is 4.